The summed E-state index contributed by atoms with van der Waals surface area (Å²) < 4.78 is 3.52. The van der Waals surface area contributed by atoms with Gasteiger partial charge in [0.1, 0.15) is 4.47 Å². The van der Waals surface area contributed by atoms with Gasteiger partial charge >= 0.3 is 0 Å². The van der Waals surface area contributed by atoms with Gasteiger partial charge in [-0.3, -0.25) is 4.79 Å². The lowest BCUT2D eigenvalue weighted by molar-refractivity contribution is 0.631. The molecule has 0 atom stereocenters. The van der Waals surface area contributed by atoms with E-state index < -0.39 is 0 Å². The molecule has 1 aromatic heterocycles. The summed E-state index contributed by atoms with van der Waals surface area (Å²) >= 11 is 9.93. The lowest BCUT2D eigenvalue weighted by atomic mass is 10.2. The van der Waals surface area contributed by atoms with Crippen molar-refractivity contribution in [3.8, 4) is 0 Å². The van der Waals surface area contributed by atoms with E-state index >= 15 is 0 Å². The van der Waals surface area contributed by atoms with Crippen molar-refractivity contribution in [1.29, 1.82) is 0 Å². The Morgan fingerprint density at radius 2 is 1.82 bits per heavy atom. The fourth-order valence-electron chi connectivity index (χ4n) is 1.35. The molecule has 0 radical (unpaired) electrons. The Morgan fingerprint density at radius 3 is 2.53 bits per heavy atom. The molecule has 0 bridgehead atoms. The highest BCUT2D eigenvalue weighted by atomic mass is 79.9. The highest BCUT2D eigenvalue weighted by Crippen LogP contribution is 2.19. The van der Waals surface area contributed by atoms with Gasteiger partial charge in [-0.05, 0) is 43.5 Å². The average Bonchev–Trinajstić information content (AvgIpc) is 2.32. The molecule has 0 N–H and O–H groups in total. The first-order chi connectivity index (χ1) is 8.09. The van der Waals surface area contributed by atoms with Gasteiger partial charge in [0.25, 0.3) is 5.56 Å². The quantitative estimate of drug-likeness (QED) is 0.741. The van der Waals surface area contributed by atoms with Crippen molar-refractivity contribution in [3.05, 3.63) is 59.8 Å². The first-order valence-electron chi connectivity index (χ1n) is 4.74. The molecule has 0 spiro atoms. The van der Waals surface area contributed by atoms with Gasteiger partial charge in [0.05, 0.1) is 17.2 Å². The van der Waals surface area contributed by atoms with E-state index in [4.69, 9.17) is 0 Å². The Morgan fingerprint density at radius 1 is 1.12 bits per heavy atom. The molecular weight excluding hydrogens is 416 g/mol. The maximum atomic E-state index is 11.9. The van der Waals surface area contributed by atoms with E-state index in [1.54, 1.807) is 6.20 Å². The summed E-state index contributed by atoms with van der Waals surface area (Å²) in [6.45, 7) is 0.437. The Kier molecular flexibility index (Phi) is 4.17. The Hall–Kier alpha value is -0.460. The minimum Gasteiger partial charge on any atom is -0.266 e. The second-order valence-electron chi connectivity index (χ2n) is 3.36. The minimum atomic E-state index is -0.157. The molecule has 0 aliphatic heterocycles. The second-order valence-corrected chi connectivity index (χ2v) is 5.86. The zero-order valence-electron chi connectivity index (χ0n) is 8.53. The van der Waals surface area contributed by atoms with E-state index in [0.717, 1.165) is 10.0 Å². The summed E-state index contributed by atoms with van der Waals surface area (Å²) in [7, 11) is 0. The van der Waals surface area contributed by atoms with Crippen LogP contribution in [0.15, 0.2) is 48.7 Å². The van der Waals surface area contributed by atoms with Gasteiger partial charge in [0, 0.05) is 4.47 Å². The van der Waals surface area contributed by atoms with Crippen molar-refractivity contribution in [2.24, 2.45) is 0 Å². The van der Waals surface area contributed by atoms with Crippen molar-refractivity contribution in [1.82, 2.24) is 9.78 Å². The van der Waals surface area contributed by atoms with Crippen molar-refractivity contribution in [3.63, 3.8) is 0 Å². The lowest BCUT2D eigenvalue weighted by Gasteiger charge is -2.07. The minimum absolute atomic E-state index is 0.157. The summed E-state index contributed by atoms with van der Waals surface area (Å²) in [5.41, 5.74) is 0.853. The largest absolute Gasteiger partial charge is 0.282 e. The Labute approximate surface area is 123 Å². The van der Waals surface area contributed by atoms with Crippen LogP contribution in [-0.2, 0) is 6.54 Å². The molecule has 0 saturated carbocycles. The number of hydrogen-bond acceptors (Lipinski definition) is 2. The number of rotatable bonds is 2. The molecule has 0 aliphatic carbocycles. The summed E-state index contributed by atoms with van der Waals surface area (Å²) in [5, 5.41) is 4.08. The predicted octanol–water partition coefficient (Wildman–Crippen LogP) is 3.58. The summed E-state index contributed by atoms with van der Waals surface area (Å²) in [6, 6.07) is 7.75. The molecule has 1 heterocycles. The first-order valence-corrected chi connectivity index (χ1v) is 7.12. The zero-order valence-corrected chi connectivity index (χ0v) is 13.3. The average molecular weight is 423 g/mol. The van der Waals surface area contributed by atoms with Crippen LogP contribution in [0.25, 0.3) is 0 Å². The number of hydrogen-bond donors (Lipinski definition) is 0. The van der Waals surface area contributed by atoms with Crippen LogP contribution in [0.4, 0.5) is 0 Å². The Balaban J connectivity index is 2.41. The first kappa shape index (κ1) is 13.0. The van der Waals surface area contributed by atoms with E-state index in [-0.39, 0.29) is 5.56 Å². The lowest BCUT2D eigenvalue weighted by Crippen LogP contribution is -2.24. The van der Waals surface area contributed by atoms with Crippen molar-refractivity contribution in [2.75, 3.05) is 0 Å². The number of halogens is 3. The van der Waals surface area contributed by atoms with Crippen LogP contribution in [-0.4, -0.2) is 9.78 Å². The number of aromatic nitrogens is 2. The fraction of sp³-hybridized carbons (Fsp3) is 0.0909. The molecular formula is C11H7Br3N2O. The van der Waals surface area contributed by atoms with Crippen LogP contribution in [0.3, 0.4) is 0 Å². The van der Waals surface area contributed by atoms with Crippen LogP contribution in [0.5, 0.6) is 0 Å². The molecule has 0 saturated heterocycles. The monoisotopic (exact) mass is 420 g/mol. The molecule has 0 amide bonds. The van der Waals surface area contributed by atoms with Crippen LogP contribution in [0, 0.1) is 0 Å². The highest BCUT2D eigenvalue weighted by Gasteiger charge is 2.08. The predicted molar refractivity (Wildman–Crippen MR) is 77.1 cm³/mol. The molecule has 17 heavy (non-hydrogen) atoms. The topological polar surface area (TPSA) is 34.9 Å². The highest BCUT2D eigenvalue weighted by molar-refractivity contribution is 9.13. The second kappa shape index (κ2) is 5.46. The van der Waals surface area contributed by atoms with Gasteiger partial charge in [0.2, 0.25) is 0 Å². The number of benzene rings is 1. The molecule has 1 aromatic carbocycles. The SMILES string of the molecule is O=c1c(Br)c(Br)cnn1Cc1ccccc1Br. The van der Waals surface area contributed by atoms with Gasteiger partial charge in [-0.15, -0.1) is 0 Å². The van der Waals surface area contributed by atoms with E-state index in [1.807, 2.05) is 24.3 Å². The van der Waals surface area contributed by atoms with Crippen molar-refractivity contribution < 1.29 is 0 Å². The smallest absolute Gasteiger partial charge is 0.266 e. The van der Waals surface area contributed by atoms with Crippen molar-refractivity contribution >= 4 is 47.8 Å². The third-order valence-electron chi connectivity index (χ3n) is 2.22. The van der Waals surface area contributed by atoms with E-state index in [2.05, 4.69) is 52.9 Å². The van der Waals surface area contributed by atoms with E-state index in [9.17, 15) is 4.79 Å². The molecule has 0 fully saturated rings. The molecule has 0 unspecified atom stereocenters. The molecule has 2 rings (SSSR count). The maximum absolute atomic E-state index is 11.9. The van der Waals surface area contributed by atoms with Crippen LogP contribution < -0.4 is 5.56 Å². The summed E-state index contributed by atoms with van der Waals surface area (Å²) in [4.78, 5) is 11.9. The third-order valence-corrected chi connectivity index (χ3v) is 4.89. The van der Waals surface area contributed by atoms with Crippen LogP contribution >= 0.6 is 47.8 Å². The van der Waals surface area contributed by atoms with Crippen LogP contribution in [0.2, 0.25) is 0 Å². The van der Waals surface area contributed by atoms with Crippen molar-refractivity contribution in [2.45, 2.75) is 6.54 Å². The maximum Gasteiger partial charge on any atom is 0.282 e. The molecule has 2 aromatic rings. The zero-order chi connectivity index (χ0) is 12.4. The van der Waals surface area contributed by atoms with Gasteiger partial charge in [-0.1, -0.05) is 34.1 Å². The summed E-state index contributed by atoms with van der Waals surface area (Å²) in [6.07, 6.45) is 1.60. The van der Waals surface area contributed by atoms with Gasteiger partial charge in [-0.2, -0.15) is 5.10 Å². The standard InChI is InChI=1S/C11H7Br3N2O/c12-8-4-2-1-3-7(8)6-16-11(17)10(14)9(13)5-15-16/h1-5H,6H2. The molecule has 3 nitrogen and oxygen atoms in total. The molecule has 6 heteroatoms. The van der Waals surface area contributed by atoms with Crippen LogP contribution in [0.1, 0.15) is 5.56 Å². The Bertz CT molecular complexity index is 610. The summed E-state index contributed by atoms with van der Waals surface area (Å²) in [5.74, 6) is 0. The fourth-order valence-corrected chi connectivity index (χ4v) is 2.32. The number of nitrogens with zero attached hydrogens (tertiary/aromatic N) is 2. The molecule has 88 valence electrons. The molecule has 0 aliphatic rings. The van der Waals surface area contributed by atoms with Gasteiger partial charge < -0.3 is 0 Å². The normalized spacial score (nSPS) is 10.5. The van der Waals surface area contributed by atoms with E-state index in [1.165, 1.54) is 4.68 Å². The van der Waals surface area contributed by atoms with E-state index in [0.29, 0.717) is 15.5 Å². The van der Waals surface area contributed by atoms with Gasteiger partial charge in [0.15, 0.2) is 0 Å². The van der Waals surface area contributed by atoms with Gasteiger partial charge in [-0.25, -0.2) is 4.68 Å². The third kappa shape index (κ3) is 2.86.